The van der Waals surface area contributed by atoms with Crippen LogP contribution in [-0.2, 0) is 4.74 Å². The van der Waals surface area contributed by atoms with E-state index in [-0.39, 0.29) is 29.2 Å². The summed E-state index contributed by atoms with van der Waals surface area (Å²) in [5.41, 5.74) is 1.85. The quantitative estimate of drug-likeness (QED) is 0.350. The molecule has 0 radical (unpaired) electrons. The van der Waals surface area contributed by atoms with E-state index in [0.29, 0.717) is 16.7 Å². The lowest BCUT2D eigenvalue weighted by atomic mass is 9.69. The minimum absolute atomic E-state index is 0.0143. The van der Waals surface area contributed by atoms with Crippen LogP contribution in [0.2, 0.25) is 10.0 Å². The topological polar surface area (TPSA) is 12.2 Å². The molecule has 30 heavy (non-hydrogen) atoms. The van der Waals surface area contributed by atoms with Gasteiger partial charge in [0, 0.05) is 22.0 Å². The fraction of sp³-hybridized carbons (Fsp3) is 0.400. The van der Waals surface area contributed by atoms with Crippen LogP contribution in [0.25, 0.3) is 0 Å². The third-order valence-electron chi connectivity index (χ3n) is 6.50. The lowest BCUT2D eigenvalue weighted by Crippen LogP contribution is -2.45. The number of hydrogen-bond acceptors (Lipinski definition) is 1. The maximum absolute atomic E-state index is 14.4. The van der Waals surface area contributed by atoms with Crippen LogP contribution in [0.4, 0.5) is 4.39 Å². The predicted octanol–water partition coefficient (Wildman–Crippen LogP) is 7.16. The van der Waals surface area contributed by atoms with Gasteiger partial charge in [-0.2, -0.15) is 4.58 Å². The van der Waals surface area contributed by atoms with Crippen molar-refractivity contribution in [3.05, 3.63) is 82.1 Å². The Kier molecular flexibility index (Phi) is 5.96. The lowest BCUT2D eigenvalue weighted by Gasteiger charge is -2.38. The van der Waals surface area contributed by atoms with Gasteiger partial charge in [0.15, 0.2) is 18.7 Å². The Morgan fingerprint density at radius 3 is 2.53 bits per heavy atom. The molecule has 0 saturated heterocycles. The first-order valence-corrected chi connectivity index (χ1v) is 11.2. The largest absolute Gasteiger partial charge is 0.441 e. The van der Waals surface area contributed by atoms with Crippen molar-refractivity contribution in [2.75, 3.05) is 6.61 Å². The van der Waals surface area contributed by atoms with Crippen molar-refractivity contribution >= 4 is 29.1 Å². The molecule has 0 saturated carbocycles. The van der Waals surface area contributed by atoms with E-state index in [1.807, 2.05) is 24.3 Å². The fourth-order valence-electron chi connectivity index (χ4n) is 5.16. The van der Waals surface area contributed by atoms with Crippen molar-refractivity contribution in [2.45, 2.75) is 51.1 Å². The first kappa shape index (κ1) is 21.4. The molecule has 0 N–H and O–H groups in total. The van der Waals surface area contributed by atoms with Gasteiger partial charge in [0.1, 0.15) is 5.82 Å². The first-order chi connectivity index (χ1) is 14.4. The van der Waals surface area contributed by atoms with E-state index in [0.717, 1.165) is 36.3 Å². The summed E-state index contributed by atoms with van der Waals surface area (Å²) in [5.74, 6) is 0.758. The molecule has 0 amide bonds. The molecule has 0 fully saturated rings. The van der Waals surface area contributed by atoms with Crippen molar-refractivity contribution in [1.82, 2.24) is 0 Å². The highest BCUT2D eigenvalue weighted by Gasteiger charge is 2.56. The Morgan fingerprint density at radius 1 is 1.17 bits per heavy atom. The molecule has 2 aromatic carbocycles. The summed E-state index contributed by atoms with van der Waals surface area (Å²) in [4.78, 5) is 0. The van der Waals surface area contributed by atoms with E-state index in [4.69, 9.17) is 27.9 Å². The van der Waals surface area contributed by atoms with Gasteiger partial charge in [-0.25, -0.2) is 4.39 Å². The van der Waals surface area contributed by atoms with Gasteiger partial charge in [-0.05, 0) is 55.7 Å². The van der Waals surface area contributed by atoms with Crippen molar-refractivity contribution in [2.24, 2.45) is 5.41 Å². The highest BCUT2D eigenvalue weighted by molar-refractivity contribution is 6.30. The van der Waals surface area contributed by atoms with Crippen LogP contribution >= 0.6 is 23.2 Å². The second-order valence-electron chi connectivity index (χ2n) is 8.65. The van der Waals surface area contributed by atoms with Crippen molar-refractivity contribution in [3.63, 3.8) is 0 Å². The van der Waals surface area contributed by atoms with Gasteiger partial charge in [-0.3, -0.25) is 0 Å². The third-order valence-corrected chi connectivity index (χ3v) is 6.97. The molecule has 2 heterocycles. The number of nitrogens with zero attached hydrogens (tertiary/aromatic N) is 1. The summed E-state index contributed by atoms with van der Waals surface area (Å²) < 4.78 is 23.1. The minimum atomic E-state index is -0.308. The maximum Gasteiger partial charge on any atom is 0.343 e. The molecule has 158 valence electrons. The normalized spacial score (nSPS) is 28.2. The molecule has 0 aliphatic carbocycles. The summed E-state index contributed by atoms with van der Waals surface area (Å²) in [7, 11) is 0. The standard InChI is InChI=1S/C25H27Cl2FNO/c1-4-10-25(3)14-22(17-11-19(27)13-20(28)12-17)23(16-6-8-18(26)9-7-16)29-21(5-2)15-30-24(25)29/h4,6-9,11-13,21-23H,1,5,10,14-15H2,2-3H3/q+1/t21?,22-,23-,25+/m1/s1. The Hall–Kier alpha value is -1.84. The summed E-state index contributed by atoms with van der Waals surface area (Å²) in [5, 5.41) is 1.12. The zero-order valence-corrected chi connectivity index (χ0v) is 18.9. The molecule has 2 aliphatic rings. The average molecular weight is 447 g/mol. The van der Waals surface area contributed by atoms with E-state index in [2.05, 4.69) is 37.1 Å². The molecule has 0 spiro atoms. The number of ether oxygens (including phenoxy) is 1. The van der Waals surface area contributed by atoms with Gasteiger partial charge in [-0.15, -0.1) is 6.58 Å². The zero-order valence-electron chi connectivity index (χ0n) is 17.4. The number of hydrogen-bond donors (Lipinski definition) is 0. The lowest BCUT2D eigenvalue weighted by molar-refractivity contribution is -0.610. The molecule has 5 heteroatoms. The van der Waals surface area contributed by atoms with Crippen LogP contribution in [0.5, 0.6) is 0 Å². The van der Waals surface area contributed by atoms with E-state index in [1.54, 1.807) is 6.07 Å². The highest BCUT2D eigenvalue weighted by Crippen LogP contribution is 2.51. The van der Waals surface area contributed by atoms with Gasteiger partial charge in [0.2, 0.25) is 0 Å². The summed E-state index contributed by atoms with van der Waals surface area (Å²) in [6.07, 6.45) is 4.52. The summed E-state index contributed by atoms with van der Waals surface area (Å²) >= 11 is 12.4. The molecular formula is C25H27Cl2FNO+. The van der Waals surface area contributed by atoms with Crippen LogP contribution in [0.1, 0.15) is 56.2 Å². The average Bonchev–Trinajstić information content (AvgIpc) is 3.13. The molecule has 1 unspecified atom stereocenters. The number of allylic oxidation sites excluding steroid dienone is 1. The predicted molar refractivity (Wildman–Crippen MR) is 121 cm³/mol. The Labute approximate surface area is 188 Å². The number of halogens is 3. The molecule has 2 nitrogen and oxygen atoms in total. The molecule has 2 aliphatic heterocycles. The Bertz CT molecular complexity index is 967. The number of benzene rings is 2. The van der Waals surface area contributed by atoms with Crippen LogP contribution in [0, 0.1) is 11.2 Å². The molecular weight excluding hydrogens is 420 g/mol. The summed E-state index contributed by atoms with van der Waals surface area (Å²) in [6, 6.07) is 13.1. The van der Waals surface area contributed by atoms with E-state index >= 15 is 0 Å². The van der Waals surface area contributed by atoms with Crippen molar-refractivity contribution in [1.29, 1.82) is 0 Å². The van der Waals surface area contributed by atoms with Crippen molar-refractivity contribution in [3.8, 4) is 0 Å². The van der Waals surface area contributed by atoms with Crippen molar-refractivity contribution < 1.29 is 13.7 Å². The molecule has 2 aromatic rings. The van der Waals surface area contributed by atoms with Crippen LogP contribution in [-0.4, -0.2) is 23.1 Å². The fourth-order valence-corrected chi connectivity index (χ4v) is 5.52. The molecule has 0 bridgehead atoms. The van der Waals surface area contributed by atoms with Gasteiger partial charge in [0.25, 0.3) is 0 Å². The third kappa shape index (κ3) is 3.78. The molecule has 4 rings (SSSR count). The van der Waals surface area contributed by atoms with E-state index in [9.17, 15) is 4.39 Å². The highest BCUT2D eigenvalue weighted by atomic mass is 35.5. The maximum atomic E-state index is 14.4. The van der Waals surface area contributed by atoms with Gasteiger partial charge >= 0.3 is 5.90 Å². The minimum Gasteiger partial charge on any atom is -0.441 e. The molecule has 0 aromatic heterocycles. The van der Waals surface area contributed by atoms with Crippen LogP contribution in [0.15, 0.2) is 55.1 Å². The van der Waals surface area contributed by atoms with Gasteiger partial charge in [-0.1, -0.05) is 48.3 Å². The Balaban J connectivity index is 1.94. The second kappa shape index (κ2) is 8.36. The smallest absolute Gasteiger partial charge is 0.343 e. The van der Waals surface area contributed by atoms with E-state index < -0.39 is 0 Å². The van der Waals surface area contributed by atoms with E-state index in [1.165, 1.54) is 6.07 Å². The SMILES string of the molecule is C=CC[C@@]1(C)C[C@H](c2cc(F)cc(Cl)c2)[C@@H](c2ccc(Cl)cc2)[N+]2=C1OCC2CC. The second-order valence-corrected chi connectivity index (χ2v) is 9.52. The Morgan fingerprint density at radius 2 is 1.90 bits per heavy atom. The monoisotopic (exact) mass is 446 g/mol. The number of rotatable bonds is 5. The van der Waals surface area contributed by atoms with Gasteiger partial charge < -0.3 is 4.74 Å². The first-order valence-electron chi connectivity index (χ1n) is 10.5. The van der Waals surface area contributed by atoms with Crippen LogP contribution < -0.4 is 0 Å². The molecule has 4 atom stereocenters. The van der Waals surface area contributed by atoms with Gasteiger partial charge in [0.05, 0.1) is 11.3 Å². The van der Waals surface area contributed by atoms with Crippen LogP contribution in [0.3, 0.4) is 0 Å². The summed E-state index contributed by atoms with van der Waals surface area (Å²) in [6.45, 7) is 9.06. The zero-order chi connectivity index (χ0) is 21.5.